The standard InChI is InChI=1S/C38H39ClN4O3/c1-37(2,40)25-33(43-21-19-38(20-22-43,36(44)45)24-26-9-5-3-6-10-26)28-13-15-29(16-14-28)34-41-35(46-42-34)30-17-18-31(32(39)23-30)27-11-7-4-8-12-27/h3-18,23,33H,19-22,24-25,40H2,1-2H3,(H,44,45). The van der Waals surface area contributed by atoms with Crippen molar-refractivity contribution in [3.05, 3.63) is 119 Å². The fourth-order valence-electron chi connectivity index (χ4n) is 6.48. The van der Waals surface area contributed by atoms with Crippen LogP contribution in [0.4, 0.5) is 0 Å². The van der Waals surface area contributed by atoms with Crippen LogP contribution in [0.1, 0.15) is 50.3 Å². The molecule has 0 amide bonds. The Morgan fingerprint density at radius 3 is 2.17 bits per heavy atom. The largest absolute Gasteiger partial charge is 0.481 e. The Hall–Kier alpha value is -4.30. The van der Waals surface area contributed by atoms with Crippen molar-refractivity contribution in [2.24, 2.45) is 11.1 Å². The molecule has 0 spiro atoms. The van der Waals surface area contributed by atoms with Gasteiger partial charge in [-0.05, 0) is 81.4 Å². The number of nitrogens with zero attached hydrogens (tertiary/aromatic N) is 3. The molecule has 236 valence electrons. The number of aliphatic carboxylic acids is 1. The summed E-state index contributed by atoms with van der Waals surface area (Å²) < 4.78 is 5.63. The van der Waals surface area contributed by atoms with Crippen molar-refractivity contribution in [2.45, 2.75) is 51.1 Å². The lowest BCUT2D eigenvalue weighted by Crippen LogP contribution is -2.48. The molecule has 6 rings (SSSR count). The van der Waals surface area contributed by atoms with Crippen molar-refractivity contribution in [1.82, 2.24) is 15.0 Å². The third-order valence-electron chi connectivity index (χ3n) is 9.03. The van der Waals surface area contributed by atoms with Crippen LogP contribution in [0.15, 0.2) is 108 Å². The number of piperidine rings is 1. The van der Waals surface area contributed by atoms with Gasteiger partial charge in [0.1, 0.15) is 0 Å². The molecule has 1 saturated heterocycles. The SMILES string of the molecule is CC(C)(N)CC(c1ccc(-c2noc(-c3ccc(-c4ccccc4)c(Cl)c3)n2)cc1)N1CCC(Cc2ccccc2)(C(=O)O)CC1. The maximum Gasteiger partial charge on any atom is 0.310 e. The van der Waals surface area contributed by atoms with Gasteiger partial charge >= 0.3 is 5.97 Å². The van der Waals surface area contributed by atoms with Gasteiger partial charge in [-0.15, -0.1) is 0 Å². The minimum absolute atomic E-state index is 0.0451. The average molecular weight is 635 g/mol. The smallest absolute Gasteiger partial charge is 0.310 e. The van der Waals surface area contributed by atoms with Crippen LogP contribution in [0.2, 0.25) is 5.02 Å². The summed E-state index contributed by atoms with van der Waals surface area (Å²) >= 11 is 6.63. The average Bonchev–Trinajstić information content (AvgIpc) is 3.55. The maximum atomic E-state index is 12.5. The number of rotatable bonds is 10. The lowest BCUT2D eigenvalue weighted by atomic mass is 9.73. The molecule has 8 heteroatoms. The number of carboxylic acid groups (broad SMARTS) is 1. The van der Waals surface area contributed by atoms with Crippen molar-refractivity contribution in [3.8, 4) is 34.0 Å². The van der Waals surface area contributed by atoms with E-state index < -0.39 is 16.9 Å². The third-order valence-corrected chi connectivity index (χ3v) is 9.35. The van der Waals surface area contributed by atoms with Gasteiger partial charge in [-0.1, -0.05) is 108 Å². The molecule has 0 saturated carbocycles. The van der Waals surface area contributed by atoms with Gasteiger partial charge in [-0.2, -0.15) is 4.98 Å². The molecule has 1 fully saturated rings. The van der Waals surface area contributed by atoms with Crippen LogP contribution in [-0.4, -0.2) is 44.7 Å². The first-order valence-corrected chi connectivity index (χ1v) is 16.1. The highest BCUT2D eigenvalue weighted by Gasteiger charge is 2.43. The number of carboxylic acids is 1. The Labute approximate surface area is 275 Å². The van der Waals surface area contributed by atoms with Gasteiger partial charge < -0.3 is 15.4 Å². The Morgan fingerprint density at radius 2 is 1.57 bits per heavy atom. The van der Waals surface area contributed by atoms with Gasteiger partial charge in [0.15, 0.2) is 0 Å². The predicted molar refractivity (Wildman–Crippen MR) is 182 cm³/mol. The number of hydrogen-bond donors (Lipinski definition) is 2. The van der Waals surface area contributed by atoms with E-state index in [-0.39, 0.29) is 6.04 Å². The normalized spacial score (nSPS) is 15.8. The van der Waals surface area contributed by atoms with Gasteiger partial charge in [0.2, 0.25) is 5.82 Å². The first kappa shape index (κ1) is 31.7. The van der Waals surface area contributed by atoms with E-state index in [1.165, 1.54) is 0 Å². The van der Waals surface area contributed by atoms with Crippen LogP contribution in [0, 0.1) is 5.41 Å². The van der Waals surface area contributed by atoms with Gasteiger partial charge in [0.05, 0.1) is 5.41 Å². The molecule has 7 nitrogen and oxygen atoms in total. The molecule has 1 atom stereocenters. The predicted octanol–water partition coefficient (Wildman–Crippen LogP) is 8.30. The van der Waals surface area contributed by atoms with Gasteiger partial charge in [-0.25, -0.2) is 0 Å². The summed E-state index contributed by atoms with van der Waals surface area (Å²) in [4.78, 5) is 19.6. The molecule has 4 aromatic carbocycles. The van der Waals surface area contributed by atoms with Crippen LogP contribution in [0.3, 0.4) is 0 Å². The molecule has 46 heavy (non-hydrogen) atoms. The van der Waals surface area contributed by atoms with Crippen LogP contribution in [-0.2, 0) is 11.2 Å². The lowest BCUT2D eigenvalue weighted by Gasteiger charge is -2.44. The molecule has 1 aromatic heterocycles. The zero-order valence-electron chi connectivity index (χ0n) is 26.2. The van der Waals surface area contributed by atoms with Gasteiger partial charge in [0, 0.05) is 33.3 Å². The molecule has 1 aliphatic rings. The highest BCUT2D eigenvalue weighted by Crippen LogP contribution is 2.40. The molecule has 3 N–H and O–H groups in total. The summed E-state index contributed by atoms with van der Waals surface area (Å²) in [5.74, 6) is 0.171. The Bertz CT molecular complexity index is 1770. The second kappa shape index (κ2) is 13.2. The number of halogens is 1. The van der Waals surface area contributed by atoms with E-state index >= 15 is 0 Å². The summed E-state index contributed by atoms with van der Waals surface area (Å²) in [7, 11) is 0. The summed E-state index contributed by atoms with van der Waals surface area (Å²) in [6.07, 6.45) is 2.43. The molecule has 1 unspecified atom stereocenters. The van der Waals surface area contributed by atoms with E-state index in [2.05, 4.69) is 27.2 Å². The van der Waals surface area contributed by atoms with Crippen molar-refractivity contribution < 1.29 is 14.4 Å². The maximum absolute atomic E-state index is 12.5. The van der Waals surface area contributed by atoms with E-state index in [9.17, 15) is 9.90 Å². The Morgan fingerprint density at radius 1 is 0.935 bits per heavy atom. The quantitative estimate of drug-likeness (QED) is 0.159. The van der Waals surface area contributed by atoms with E-state index in [0.717, 1.165) is 39.8 Å². The number of nitrogens with two attached hydrogens (primary N) is 1. The van der Waals surface area contributed by atoms with E-state index in [0.29, 0.717) is 49.1 Å². The molecule has 0 aliphatic carbocycles. The molecule has 2 heterocycles. The number of benzene rings is 4. The van der Waals surface area contributed by atoms with Crippen LogP contribution in [0.25, 0.3) is 34.0 Å². The number of hydrogen-bond acceptors (Lipinski definition) is 6. The third kappa shape index (κ3) is 7.07. The van der Waals surface area contributed by atoms with Crippen molar-refractivity contribution in [3.63, 3.8) is 0 Å². The van der Waals surface area contributed by atoms with Gasteiger partial charge in [0.25, 0.3) is 5.89 Å². The van der Waals surface area contributed by atoms with E-state index in [1.54, 1.807) is 0 Å². The first-order valence-electron chi connectivity index (χ1n) is 15.7. The zero-order chi connectivity index (χ0) is 32.3. The minimum atomic E-state index is -0.771. The summed E-state index contributed by atoms with van der Waals surface area (Å²) in [6.45, 7) is 5.44. The monoisotopic (exact) mass is 634 g/mol. The van der Waals surface area contributed by atoms with Crippen LogP contribution >= 0.6 is 11.6 Å². The Kier molecular flexibility index (Phi) is 9.09. The molecule has 0 bridgehead atoms. The molecule has 5 aromatic rings. The highest BCUT2D eigenvalue weighted by atomic mass is 35.5. The summed E-state index contributed by atoms with van der Waals surface area (Å²) in [5.41, 5.74) is 11.1. The summed E-state index contributed by atoms with van der Waals surface area (Å²) in [5, 5.41) is 15.2. The van der Waals surface area contributed by atoms with E-state index in [1.807, 2.05) is 105 Å². The first-order chi connectivity index (χ1) is 22.1. The second-order valence-electron chi connectivity index (χ2n) is 13.1. The fraction of sp³-hybridized carbons (Fsp3) is 0.289. The fourth-order valence-corrected chi connectivity index (χ4v) is 6.77. The molecule has 1 aliphatic heterocycles. The molecular weight excluding hydrogens is 596 g/mol. The number of likely N-dealkylation sites (tertiary alicyclic amines) is 1. The van der Waals surface area contributed by atoms with Crippen LogP contribution in [0.5, 0.6) is 0 Å². The summed E-state index contributed by atoms with van der Waals surface area (Å²) in [6, 6.07) is 33.9. The van der Waals surface area contributed by atoms with Crippen molar-refractivity contribution in [2.75, 3.05) is 13.1 Å². The Balaban J connectivity index is 1.19. The van der Waals surface area contributed by atoms with Gasteiger partial charge in [-0.3, -0.25) is 9.69 Å². The lowest BCUT2D eigenvalue weighted by molar-refractivity contribution is -0.152. The zero-order valence-corrected chi connectivity index (χ0v) is 27.0. The molecule has 0 radical (unpaired) electrons. The number of aromatic nitrogens is 2. The highest BCUT2D eigenvalue weighted by molar-refractivity contribution is 6.33. The van der Waals surface area contributed by atoms with Crippen molar-refractivity contribution in [1.29, 1.82) is 0 Å². The second-order valence-corrected chi connectivity index (χ2v) is 13.5. The van der Waals surface area contributed by atoms with Crippen LogP contribution < -0.4 is 5.73 Å². The number of carbonyl (C=O) groups is 1. The van der Waals surface area contributed by atoms with Crippen molar-refractivity contribution >= 4 is 17.6 Å². The topological polar surface area (TPSA) is 105 Å². The minimum Gasteiger partial charge on any atom is -0.481 e. The molecular formula is C38H39ClN4O3. The van der Waals surface area contributed by atoms with E-state index in [4.69, 9.17) is 21.9 Å².